The summed E-state index contributed by atoms with van der Waals surface area (Å²) in [5, 5.41) is 14.9. The maximum Gasteiger partial charge on any atom is 0.271 e. The summed E-state index contributed by atoms with van der Waals surface area (Å²) in [7, 11) is 0. The summed E-state index contributed by atoms with van der Waals surface area (Å²) in [6, 6.07) is 22.1. The molecule has 2 aliphatic heterocycles. The fraction of sp³-hybridized carbons (Fsp3) is 0.419. The van der Waals surface area contributed by atoms with Crippen molar-refractivity contribution in [2.75, 3.05) is 39.3 Å². The summed E-state index contributed by atoms with van der Waals surface area (Å²) in [4.78, 5) is 30.5. The number of nitrogens with zero attached hydrogens (tertiary/aromatic N) is 3. The van der Waals surface area contributed by atoms with Gasteiger partial charge < -0.3 is 24.8 Å². The van der Waals surface area contributed by atoms with Crippen molar-refractivity contribution in [1.29, 1.82) is 0 Å². The highest BCUT2D eigenvalue weighted by Crippen LogP contribution is 2.31. The van der Waals surface area contributed by atoms with Crippen molar-refractivity contribution < 1.29 is 14.7 Å². The van der Waals surface area contributed by atoms with E-state index in [4.69, 9.17) is 0 Å². The number of piperidine rings is 1. The number of hydrogen-bond acceptors (Lipinski definition) is 4. The fourth-order valence-corrected chi connectivity index (χ4v) is 5.65. The number of benzene rings is 2. The predicted octanol–water partition coefficient (Wildman–Crippen LogP) is 3.75. The molecule has 2 N–H and O–H groups in total. The van der Waals surface area contributed by atoms with E-state index < -0.39 is 5.60 Å². The van der Waals surface area contributed by atoms with Gasteiger partial charge in [-0.3, -0.25) is 9.59 Å². The smallest absolute Gasteiger partial charge is 0.271 e. The first-order chi connectivity index (χ1) is 18.4. The number of hydrogen-bond donors (Lipinski definition) is 2. The van der Waals surface area contributed by atoms with Crippen LogP contribution in [0.4, 0.5) is 0 Å². The van der Waals surface area contributed by atoms with Crippen LogP contribution in [0.15, 0.2) is 72.9 Å². The van der Waals surface area contributed by atoms with Crippen LogP contribution in [0, 0.1) is 0 Å². The molecular formula is C31H38N4O3. The average Bonchev–Trinajstić information content (AvgIpc) is 3.37. The molecular weight excluding hydrogens is 476 g/mol. The zero-order chi connectivity index (χ0) is 26.5. The number of piperazine rings is 1. The number of aliphatic hydroxyl groups is 1. The van der Waals surface area contributed by atoms with Crippen molar-refractivity contribution in [3.63, 3.8) is 0 Å². The molecule has 1 aromatic heterocycles. The van der Waals surface area contributed by atoms with E-state index in [-0.39, 0.29) is 17.7 Å². The van der Waals surface area contributed by atoms with Crippen LogP contribution in [0.3, 0.4) is 0 Å². The summed E-state index contributed by atoms with van der Waals surface area (Å²) in [5.41, 5.74) is 2.69. The van der Waals surface area contributed by atoms with E-state index in [2.05, 4.69) is 24.4 Å². The van der Waals surface area contributed by atoms with Crippen LogP contribution < -0.4 is 5.32 Å². The second kappa shape index (κ2) is 11.5. The largest absolute Gasteiger partial charge is 0.388 e. The highest BCUT2D eigenvalue weighted by atomic mass is 16.3. The van der Waals surface area contributed by atoms with Gasteiger partial charge >= 0.3 is 0 Å². The summed E-state index contributed by atoms with van der Waals surface area (Å²) in [5.74, 6) is 0.283. The molecule has 0 spiro atoms. The molecule has 3 heterocycles. The molecule has 2 amide bonds. The molecule has 0 aliphatic carbocycles. The first-order valence-corrected chi connectivity index (χ1v) is 13.7. The normalized spacial score (nSPS) is 18.3. The number of rotatable bonds is 7. The summed E-state index contributed by atoms with van der Waals surface area (Å²) in [6.07, 6.45) is 3.36. The summed E-state index contributed by atoms with van der Waals surface area (Å²) >= 11 is 0. The second-order valence-corrected chi connectivity index (χ2v) is 10.7. The van der Waals surface area contributed by atoms with Crippen LogP contribution in [0.1, 0.15) is 48.2 Å². The van der Waals surface area contributed by atoms with Crippen molar-refractivity contribution >= 4 is 11.8 Å². The van der Waals surface area contributed by atoms with Gasteiger partial charge in [0.2, 0.25) is 5.91 Å². The van der Waals surface area contributed by atoms with Crippen LogP contribution >= 0.6 is 0 Å². The lowest BCUT2D eigenvalue weighted by Gasteiger charge is -2.39. The molecule has 0 bridgehead atoms. The molecule has 1 atom stereocenters. The molecule has 7 heteroatoms. The summed E-state index contributed by atoms with van der Waals surface area (Å²) in [6.45, 7) is 6.35. The number of likely N-dealkylation sites (tertiary alicyclic amines) is 1. The van der Waals surface area contributed by atoms with Gasteiger partial charge in [0.05, 0.1) is 12.1 Å². The van der Waals surface area contributed by atoms with Crippen molar-refractivity contribution in [2.24, 2.45) is 0 Å². The van der Waals surface area contributed by atoms with Gasteiger partial charge in [0, 0.05) is 57.4 Å². The van der Waals surface area contributed by atoms with Gasteiger partial charge in [0.1, 0.15) is 5.69 Å². The Morgan fingerprint density at radius 1 is 0.895 bits per heavy atom. The zero-order valence-corrected chi connectivity index (χ0v) is 22.2. The number of carbonyl (C=O) groups is 2. The van der Waals surface area contributed by atoms with Crippen molar-refractivity contribution in [3.05, 3.63) is 84.2 Å². The van der Waals surface area contributed by atoms with E-state index in [0.29, 0.717) is 57.7 Å². The van der Waals surface area contributed by atoms with E-state index in [0.717, 1.165) is 29.8 Å². The Balaban J connectivity index is 1.29. The number of nitrogens with one attached hydrogen (secondary N) is 1. The Hall–Kier alpha value is -3.42. The fourth-order valence-electron chi connectivity index (χ4n) is 5.65. The Labute approximate surface area is 225 Å². The first kappa shape index (κ1) is 26.2. The van der Waals surface area contributed by atoms with E-state index in [1.54, 1.807) is 0 Å². The Bertz CT molecular complexity index is 1230. The van der Waals surface area contributed by atoms with Gasteiger partial charge in [-0.15, -0.1) is 0 Å². The van der Waals surface area contributed by atoms with E-state index in [1.807, 2.05) is 75.2 Å². The molecule has 7 nitrogen and oxygen atoms in total. The van der Waals surface area contributed by atoms with Gasteiger partial charge in [-0.2, -0.15) is 0 Å². The molecule has 200 valence electrons. The summed E-state index contributed by atoms with van der Waals surface area (Å²) < 4.78 is 1.93. The van der Waals surface area contributed by atoms with Crippen molar-refractivity contribution in [1.82, 2.24) is 19.7 Å². The van der Waals surface area contributed by atoms with Crippen LogP contribution in [-0.4, -0.2) is 76.2 Å². The van der Waals surface area contributed by atoms with Crippen LogP contribution in [-0.2, 0) is 11.3 Å². The molecule has 2 aromatic carbocycles. The molecule has 2 aliphatic rings. The van der Waals surface area contributed by atoms with Gasteiger partial charge in [-0.25, -0.2) is 0 Å². The number of aromatic nitrogens is 1. The highest BCUT2D eigenvalue weighted by molar-refractivity contribution is 5.99. The molecule has 3 aromatic rings. The van der Waals surface area contributed by atoms with E-state index >= 15 is 0 Å². The lowest BCUT2D eigenvalue weighted by molar-refractivity contribution is -0.136. The highest BCUT2D eigenvalue weighted by Gasteiger charge is 2.36. The zero-order valence-electron chi connectivity index (χ0n) is 22.2. The topological polar surface area (TPSA) is 77.8 Å². The van der Waals surface area contributed by atoms with Gasteiger partial charge in [-0.1, -0.05) is 67.6 Å². The van der Waals surface area contributed by atoms with E-state index in [1.165, 1.54) is 0 Å². The van der Waals surface area contributed by atoms with Crippen molar-refractivity contribution in [3.8, 4) is 11.1 Å². The quantitative estimate of drug-likeness (QED) is 0.504. The molecule has 5 rings (SSSR count). The molecule has 2 fully saturated rings. The van der Waals surface area contributed by atoms with Crippen molar-refractivity contribution in [2.45, 2.75) is 44.2 Å². The molecule has 0 saturated carbocycles. The standard InChI is InChI=1S/C31H38N4O3/c1-24(25-8-4-2-5-9-25)22-28(36)33-18-13-31(38,14-19-33)23-35-17-12-27(26-10-6-3-7-11-26)29(35)30(37)34-20-15-32-16-21-34/h2-12,17,24,32,38H,13-16,18-23H2,1H3. The first-order valence-electron chi connectivity index (χ1n) is 13.7. The SMILES string of the molecule is CC(CC(=O)N1CCC(O)(Cn2ccc(-c3ccccc3)c2C(=O)N2CCNCC2)CC1)c1ccccc1. The Morgan fingerprint density at radius 3 is 2.18 bits per heavy atom. The molecule has 0 radical (unpaired) electrons. The molecule has 1 unspecified atom stereocenters. The second-order valence-electron chi connectivity index (χ2n) is 10.7. The third kappa shape index (κ3) is 5.84. The number of carbonyl (C=O) groups excluding carboxylic acids is 2. The lowest BCUT2D eigenvalue weighted by Crippen LogP contribution is -2.50. The predicted molar refractivity (Wildman–Crippen MR) is 149 cm³/mol. The monoisotopic (exact) mass is 514 g/mol. The number of amides is 2. The Morgan fingerprint density at radius 2 is 1.53 bits per heavy atom. The molecule has 38 heavy (non-hydrogen) atoms. The third-order valence-corrected chi connectivity index (χ3v) is 8.02. The maximum atomic E-state index is 13.7. The molecule has 2 saturated heterocycles. The Kier molecular flexibility index (Phi) is 7.95. The van der Waals surface area contributed by atoms with Gasteiger partial charge in [0.15, 0.2) is 0 Å². The van der Waals surface area contributed by atoms with E-state index in [9.17, 15) is 14.7 Å². The average molecular weight is 515 g/mol. The van der Waals surface area contributed by atoms with Crippen LogP contribution in [0.25, 0.3) is 11.1 Å². The minimum Gasteiger partial charge on any atom is -0.388 e. The maximum absolute atomic E-state index is 13.7. The van der Waals surface area contributed by atoms with Gasteiger partial charge in [0.25, 0.3) is 5.91 Å². The van der Waals surface area contributed by atoms with Crippen LogP contribution in [0.2, 0.25) is 0 Å². The lowest BCUT2D eigenvalue weighted by atomic mass is 9.90. The minimum absolute atomic E-state index is 0.00136. The third-order valence-electron chi connectivity index (χ3n) is 8.02. The van der Waals surface area contributed by atoms with Crippen LogP contribution in [0.5, 0.6) is 0 Å². The van der Waals surface area contributed by atoms with Gasteiger partial charge in [-0.05, 0) is 36.0 Å². The minimum atomic E-state index is -0.979.